The van der Waals surface area contributed by atoms with Gasteiger partial charge in [-0.25, -0.2) is 14.4 Å². The molecule has 1 amide bonds. The third-order valence-electron chi connectivity index (χ3n) is 3.99. The Bertz CT molecular complexity index is 918. The van der Waals surface area contributed by atoms with Gasteiger partial charge in [-0.15, -0.1) is 0 Å². The zero-order valence-electron chi connectivity index (χ0n) is 15.6. The Morgan fingerprint density at radius 1 is 1.17 bits per heavy atom. The Morgan fingerprint density at radius 2 is 1.86 bits per heavy atom. The summed E-state index contributed by atoms with van der Waals surface area (Å²) in [5.41, 5.74) is -1.05. The van der Waals surface area contributed by atoms with Crippen molar-refractivity contribution in [1.29, 1.82) is 0 Å². The number of nitrogens with one attached hydrogen (secondary N) is 2. The lowest BCUT2D eigenvalue weighted by molar-refractivity contribution is -0.140. The second kappa shape index (κ2) is 7.72. The summed E-state index contributed by atoms with van der Waals surface area (Å²) in [4.78, 5) is 20.1. The minimum atomic E-state index is -4.56. The van der Waals surface area contributed by atoms with Crippen molar-refractivity contribution >= 4 is 11.7 Å². The van der Waals surface area contributed by atoms with Gasteiger partial charge in [-0.3, -0.25) is 4.79 Å². The first-order valence-corrected chi connectivity index (χ1v) is 8.61. The Kier molecular flexibility index (Phi) is 5.49. The lowest BCUT2D eigenvalue weighted by Gasteiger charge is -2.26. The molecule has 29 heavy (non-hydrogen) atoms. The fraction of sp³-hybridized carbons (Fsp3) is 0.389. The molecule has 2 heterocycles. The average molecular weight is 414 g/mol. The molecule has 2 N–H and O–H groups in total. The number of rotatable bonds is 5. The molecule has 0 radical (unpaired) electrons. The maximum atomic E-state index is 14.2. The second-order valence-electron chi connectivity index (χ2n) is 6.80. The van der Waals surface area contributed by atoms with Crippen molar-refractivity contribution in [2.24, 2.45) is 0 Å². The Hall–Kier alpha value is -3.11. The summed E-state index contributed by atoms with van der Waals surface area (Å²) in [5, 5.41) is 4.29. The van der Waals surface area contributed by atoms with E-state index in [0.29, 0.717) is 30.3 Å². The van der Waals surface area contributed by atoms with Crippen molar-refractivity contribution in [2.75, 3.05) is 25.1 Å². The molecule has 0 aliphatic carbocycles. The van der Waals surface area contributed by atoms with Gasteiger partial charge in [0.25, 0.3) is 0 Å². The summed E-state index contributed by atoms with van der Waals surface area (Å²) in [6, 6.07) is 4.95. The van der Waals surface area contributed by atoms with E-state index >= 15 is 0 Å². The van der Waals surface area contributed by atoms with E-state index < -0.39 is 30.0 Å². The van der Waals surface area contributed by atoms with Gasteiger partial charge in [0.1, 0.15) is 25.3 Å². The first-order chi connectivity index (χ1) is 13.5. The van der Waals surface area contributed by atoms with Crippen LogP contribution in [0.3, 0.4) is 0 Å². The number of carbonyl (C=O) groups excluding carboxylic acids is 1. The van der Waals surface area contributed by atoms with E-state index in [0.717, 1.165) is 6.20 Å². The number of aromatic nitrogens is 2. The van der Waals surface area contributed by atoms with Crippen molar-refractivity contribution in [3.63, 3.8) is 0 Å². The summed E-state index contributed by atoms with van der Waals surface area (Å²) in [7, 11) is 0. The molecule has 0 atom stereocenters. The van der Waals surface area contributed by atoms with E-state index in [2.05, 4.69) is 15.3 Å². The van der Waals surface area contributed by atoms with Crippen LogP contribution < -0.4 is 20.1 Å². The summed E-state index contributed by atoms with van der Waals surface area (Å²) < 4.78 is 62.1. The van der Waals surface area contributed by atoms with Gasteiger partial charge in [0.05, 0.1) is 6.20 Å². The highest BCUT2D eigenvalue weighted by Crippen LogP contribution is 2.34. The van der Waals surface area contributed by atoms with Crippen molar-refractivity contribution < 1.29 is 31.8 Å². The largest absolute Gasteiger partial charge is 0.486 e. The maximum absolute atomic E-state index is 14.2. The number of fused-ring (bicyclic) bond motifs is 1. The minimum Gasteiger partial charge on any atom is -0.486 e. The number of carbonyl (C=O) groups is 1. The molecule has 0 spiro atoms. The normalized spacial score (nSPS) is 13.7. The first kappa shape index (κ1) is 20.6. The standard InChI is InChI=1S/C18H18F4N4O3/c1-17(2,16(27)24-9-18(20,21)22)26-15-11(19)8-23-14(25-15)10-3-4-12-13(7-10)29-6-5-28-12/h3-4,7-8H,5-6,9H2,1-2H3,(H,24,27)(H,23,25,26). The van der Waals surface area contributed by atoms with Gasteiger partial charge in [0.15, 0.2) is 29.0 Å². The molecule has 156 valence electrons. The predicted octanol–water partition coefficient (Wildman–Crippen LogP) is 2.92. The van der Waals surface area contributed by atoms with Crippen LogP contribution in [0.25, 0.3) is 11.4 Å². The van der Waals surface area contributed by atoms with Crippen LogP contribution in [0.5, 0.6) is 11.5 Å². The molecule has 0 fully saturated rings. The highest BCUT2D eigenvalue weighted by Gasteiger charge is 2.34. The molecule has 0 bridgehead atoms. The molecule has 0 saturated carbocycles. The second-order valence-corrected chi connectivity index (χ2v) is 6.80. The molecule has 1 aromatic heterocycles. The van der Waals surface area contributed by atoms with Gasteiger partial charge in [-0.2, -0.15) is 13.2 Å². The van der Waals surface area contributed by atoms with Gasteiger partial charge in [0.2, 0.25) is 5.91 Å². The smallest absolute Gasteiger partial charge is 0.405 e. The zero-order valence-corrected chi connectivity index (χ0v) is 15.6. The van der Waals surface area contributed by atoms with Crippen LogP contribution in [0.2, 0.25) is 0 Å². The molecule has 11 heteroatoms. The van der Waals surface area contributed by atoms with Crippen molar-refractivity contribution in [3.05, 3.63) is 30.2 Å². The highest BCUT2D eigenvalue weighted by molar-refractivity contribution is 5.88. The first-order valence-electron chi connectivity index (χ1n) is 8.61. The summed E-state index contributed by atoms with van der Waals surface area (Å²) in [6.45, 7) is 1.94. The van der Waals surface area contributed by atoms with Gasteiger partial charge in [-0.1, -0.05) is 0 Å². The molecule has 2 aromatic rings. The van der Waals surface area contributed by atoms with Crippen molar-refractivity contribution in [1.82, 2.24) is 15.3 Å². The van der Waals surface area contributed by atoms with Crippen LogP contribution in [-0.4, -0.2) is 47.3 Å². The topological polar surface area (TPSA) is 85.4 Å². The third-order valence-corrected chi connectivity index (χ3v) is 3.99. The van der Waals surface area contributed by atoms with Gasteiger partial charge < -0.3 is 20.1 Å². The number of alkyl halides is 3. The Morgan fingerprint density at radius 3 is 2.55 bits per heavy atom. The van der Waals surface area contributed by atoms with Crippen molar-refractivity contribution in [2.45, 2.75) is 25.6 Å². The summed E-state index contributed by atoms with van der Waals surface area (Å²) >= 11 is 0. The number of nitrogens with zero attached hydrogens (tertiary/aromatic N) is 2. The molecule has 3 rings (SSSR count). The SMILES string of the molecule is CC(C)(Nc1nc(-c2ccc3c(c2)OCCO3)ncc1F)C(=O)NCC(F)(F)F. The molecule has 1 aromatic carbocycles. The minimum absolute atomic E-state index is 0.136. The molecule has 7 nitrogen and oxygen atoms in total. The quantitative estimate of drug-likeness (QED) is 0.732. The lowest BCUT2D eigenvalue weighted by atomic mass is 10.0. The number of anilines is 1. The van der Waals surface area contributed by atoms with E-state index in [1.165, 1.54) is 13.8 Å². The lowest BCUT2D eigenvalue weighted by Crippen LogP contribution is -2.50. The van der Waals surface area contributed by atoms with Gasteiger partial charge >= 0.3 is 6.18 Å². The number of hydrogen-bond acceptors (Lipinski definition) is 6. The number of hydrogen-bond donors (Lipinski definition) is 2. The monoisotopic (exact) mass is 414 g/mol. The Balaban J connectivity index is 1.81. The van der Waals surface area contributed by atoms with Crippen LogP contribution in [-0.2, 0) is 4.79 Å². The molecular weight excluding hydrogens is 396 g/mol. The van der Waals surface area contributed by atoms with E-state index in [1.54, 1.807) is 23.5 Å². The number of ether oxygens (including phenoxy) is 2. The molecular formula is C18H18F4N4O3. The fourth-order valence-corrected chi connectivity index (χ4v) is 2.53. The van der Waals surface area contributed by atoms with Crippen LogP contribution in [0, 0.1) is 5.82 Å². The predicted molar refractivity (Wildman–Crippen MR) is 95.2 cm³/mol. The fourth-order valence-electron chi connectivity index (χ4n) is 2.53. The van der Waals surface area contributed by atoms with Crippen LogP contribution in [0.15, 0.2) is 24.4 Å². The summed E-state index contributed by atoms with van der Waals surface area (Å²) in [5.74, 6) is -0.961. The van der Waals surface area contributed by atoms with E-state index in [9.17, 15) is 22.4 Å². The number of halogens is 4. The molecule has 0 saturated heterocycles. The third kappa shape index (κ3) is 5.04. The zero-order chi connectivity index (χ0) is 21.2. The van der Waals surface area contributed by atoms with Crippen molar-refractivity contribution in [3.8, 4) is 22.9 Å². The Labute approximate surface area is 163 Å². The van der Waals surface area contributed by atoms with Gasteiger partial charge in [0, 0.05) is 5.56 Å². The molecule has 1 aliphatic rings. The highest BCUT2D eigenvalue weighted by atomic mass is 19.4. The van der Waals surface area contributed by atoms with E-state index in [4.69, 9.17) is 9.47 Å². The average Bonchev–Trinajstić information content (AvgIpc) is 2.66. The van der Waals surface area contributed by atoms with E-state index in [1.807, 2.05) is 0 Å². The number of amides is 1. The molecule has 1 aliphatic heterocycles. The molecule has 0 unspecified atom stereocenters. The van der Waals surface area contributed by atoms with Crippen LogP contribution in [0.1, 0.15) is 13.8 Å². The van der Waals surface area contributed by atoms with Crippen LogP contribution >= 0.6 is 0 Å². The van der Waals surface area contributed by atoms with Gasteiger partial charge in [-0.05, 0) is 32.0 Å². The van der Waals surface area contributed by atoms with Crippen LogP contribution in [0.4, 0.5) is 23.4 Å². The summed E-state index contributed by atoms with van der Waals surface area (Å²) in [6.07, 6.45) is -3.65. The van der Waals surface area contributed by atoms with E-state index in [-0.39, 0.29) is 11.6 Å². The maximum Gasteiger partial charge on any atom is 0.405 e. The number of benzene rings is 1.